The fraction of sp³-hybridized carbons (Fsp3) is 0.529. The summed E-state index contributed by atoms with van der Waals surface area (Å²) in [6.45, 7) is 5.36. The number of amides is 2. The molecule has 1 fully saturated rings. The molecule has 128 valence electrons. The fourth-order valence-electron chi connectivity index (χ4n) is 2.72. The number of rotatable bonds is 4. The molecule has 0 spiro atoms. The Hall–Kier alpha value is -1.59. The molecule has 1 aromatic rings. The van der Waals surface area contributed by atoms with Gasteiger partial charge in [-0.2, -0.15) is 0 Å². The van der Waals surface area contributed by atoms with Gasteiger partial charge in [-0.15, -0.1) is 12.4 Å². The lowest BCUT2D eigenvalue weighted by atomic mass is 10.1. The van der Waals surface area contributed by atoms with Crippen LogP contribution >= 0.6 is 12.4 Å². The molecule has 1 aliphatic rings. The summed E-state index contributed by atoms with van der Waals surface area (Å²) in [4.78, 5) is 28.4. The van der Waals surface area contributed by atoms with Crippen molar-refractivity contribution < 1.29 is 9.59 Å². The van der Waals surface area contributed by atoms with E-state index >= 15 is 0 Å². The van der Waals surface area contributed by atoms with Gasteiger partial charge in [-0.25, -0.2) is 0 Å². The number of carbonyl (C=O) groups is 2. The van der Waals surface area contributed by atoms with Crippen LogP contribution in [0.25, 0.3) is 0 Å². The van der Waals surface area contributed by atoms with E-state index in [1.165, 1.54) is 0 Å². The number of hydrogen-bond acceptors (Lipinski definition) is 3. The van der Waals surface area contributed by atoms with Gasteiger partial charge in [-0.05, 0) is 32.5 Å². The van der Waals surface area contributed by atoms with Crippen molar-refractivity contribution in [2.24, 2.45) is 0 Å². The first-order valence-corrected chi connectivity index (χ1v) is 7.90. The van der Waals surface area contributed by atoms with E-state index in [-0.39, 0.29) is 24.2 Å². The summed E-state index contributed by atoms with van der Waals surface area (Å²) in [5, 5.41) is 3.00. The molecule has 5 nitrogen and oxygen atoms in total. The van der Waals surface area contributed by atoms with Gasteiger partial charge in [0, 0.05) is 44.7 Å². The highest BCUT2D eigenvalue weighted by Crippen LogP contribution is 2.11. The summed E-state index contributed by atoms with van der Waals surface area (Å²) in [6, 6.07) is 7.68. The molecule has 1 aliphatic heterocycles. The average Bonchev–Trinajstić information content (AvgIpc) is 2.78. The third-order valence-corrected chi connectivity index (χ3v) is 3.99. The van der Waals surface area contributed by atoms with Gasteiger partial charge in [-0.1, -0.05) is 17.7 Å². The molecule has 2 amide bonds. The minimum absolute atomic E-state index is 0. The Bertz CT molecular complexity index is 536. The van der Waals surface area contributed by atoms with Crippen LogP contribution in [0.2, 0.25) is 0 Å². The lowest BCUT2D eigenvalue weighted by Gasteiger charge is -2.22. The van der Waals surface area contributed by atoms with Crippen molar-refractivity contribution in [3.63, 3.8) is 0 Å². The lowest BCUT2D eigenvalue weighted by Crippen LogP contribution is -2.38. The Balaban J connectivity index is 0.00000264. The molecule has 1 aromatic carbocycles. The predicted octanol–water partition coefficient (Wildman–Crippen LogP) is 1.70. The Labute approximate surface area is 144 Å². The van der Waals surface area contributed by atoms with Gasteiger partial charge in [0.2, 0.25) is 5.91 Å². The van der Waals surface area contributed by atoms with E-state index in [0.717, 1.165) is 24.1 Å². The zero-order chi connectivity index (χ0) is 15.9. The number of hydrogen-bond donors (Lipinski definition) is 1. The predicted molar refractivity (Wildman–Crippen MR) is 94.1 cm³/mol. The SMILES string of the molecule is CNCCC(=O)N1CCCN(C(=O)c2cccc(C)c2)CC1.Cl. The number of halogens is 1. The fourth-order valence-corrected chi connectivity index (χ4v) is 2.72. The first-order valence-electron chi connectivity index (χ1n) is 7.90. The maximum Gasteiger partial charge on any atom is 0.253 e. The van der Waals surface area contributed by atoms with E-state index in [2.05, 4.69) is 5.32 Å². The molecule has 23 heavy (non-hydrogen) atoms. The molecular weight excluding hydrogens is 314 g/mol. The van der Waals surface area contributed by atoms with Crippen LogP contribution in [0, 0.1) is 6.92 Å². The minimum atomic E-state index is 0. The van der Waals surface area contributed by atoms with E-state index in [1.54, 1.807) is 0 Å². The largest absolute Gasteiger partial charge is 0.341 e. The third-order valence-electron chi connectivity index (χ3n) is 3.99. The van der Waals surface area contributed by atoms with E-state index in [0.29, 0.717) is 32.6 Å². The second-order valence-corrected chi connectivity index (χ2v) is 5.75. The van der Waals surface area contributed by atoms with Crippen LogP contribution < -0.4 is 5.32 Å². The summed E-state index contributed by atoms with van der Waals surface area (Å²) >= 11 is 0. The average molecular weight is 340 g/mol. The quantitative estimate of drug-likeness (QED) is 0.908. The Morgan fingerprint density at radius 1 is 1.13 bits per heavy atom. The van der Waals surface area contributed by atoms with Gasteiger partial charge in [0.25, 0.3) is 5.91 Å². The van der Waals surface area contributed by atoms with E-state index in [9.17, 15) is 9.59 Å². The molecule has 0 aromatic heterocycles. The van der Waals surface area contributed by atoms with Crippen molar-refractivity contribution >= 4 is 24.2 Å². The van der Waals surface area contributed by atoms with Crippen molar-refractivity contribution in [2.45, 2.75) is 19.8 Å². The van der Waals surface area contributed by atoms with Crippen molar-refractivity contribution in [1.82, 2.24) is 15.1 Å². The van der Waals surface area contributed by atoms with E-state index in [1.807, 2.05) is 48.0 Å². The monoisotopic (exact) mass is 339 g/mol. The molecule has 1 saturated heterocycles. The molecular formula is C17H26ClN3O2. The first kappa shape index (κ1) is 19.5. The van der Waals surface area contributed by atoms with Gasteiger partial charge < -0.3 is 15.1 Å². The zero-order valence-corrected chi connectivity index (χ0v) is 14.7. The van der Waals surface area contributed by atoms with E-state index < -0.39 is 0 Å². The summed E-state index contributed by atoms with van der Waals surface area (Å²) in [5.74, 6) is 0.229. The summed E-state index contributed by atoms with van der Waals surface area (Å²) in [5.41, 5.74) is 1.82. The van der Waals surface area contributed by atoms with Gasteiger partial charge in [0.05, 0.1) is 0 Å². The number of nitrogens with zero attached hydrogens (tertiary/aromatic N) is 2. The maximum atomic E-state index is 12.6. The van der Waals surface area contributed by atoms with E-state index in [4.69, 9.17) is 0 Å². The topological polar surface area (TPSA) is 52.7 Å². The molecule has 2 rings (SSSR count). The van der Waals surface area contributed by atoms with Gasteiger partial charge >= 0.3 is 0 Å². The highest BCUT2D eigenvalue weighted by Gasteiger charge is 2.22. The van der Waals surface area contributed by atoms with Crippen LogP contribution in [0.15, 0.2) is 24.3 Å². The summed E-state index contributed by atoms with van der Waals surface area (Å²) in [6.07, 6.45) is 1.35. The number of aryl methyl sites for hydroxylation is 1. The summed E-state index contributed by atoms with van der Waals surface area (Å²) in [7, 11) is 1.85. The number of nitrogens with one attached hydrogen (secondary N) is 1. The lowest BCUT2D eigenvalue weighted by molar-refractivity contribution is -0.130. The summed E-state index contributed by atoms with van der Waals surface area (Å²) < 4.78 is 0. The van der Waals surface area contributed by atoms with Crippen LogP contribution in [-0.4, -0.2) is 61.4 Å². The van der Waals surface area contributed by atoms with Crippen LogP contribution in [0.3, 0.4) is 0 Å². The standard InChI is InChI=1S/C17H25N3O2.ClH/c1-14-5-3-6-15(13-14)17(22)20-10-4-9-19(11-12-20)16(21)7-8-18-2;/h3,5-6,13,18H,4,7-12H2,1-2H3;1H. The van der Waals surface area contributed by atoms with Crippen molar-refractivity contribution in [3.8, 4) is 0 Å². The van der Waals surface area contributed by atoms with Crippen LogP contribution in [-0.2, 0) is 4.79 Å². The Kier molecular flexibility index (Phi) is 8.06. The van der Waals surface area contributed by atoms with Crippen molar-refractivity contribution in [1.29, 1.82) is 0 Å². The van der Waals surface area contributed by atoms with Gasteiger partial charge in [0.15, 0.2) is 0 Å². The molecule has 6 heteroatoms. The molecule has 0 unspecified atom stereocenters. The Morgan fingerprint density at radius 2 is 1.83 bits per heavy atom. The molecule has 0 bridgehead atoms. The second kappa shape index (κ2) is 9.53. The third kappa shape index (κ3) is 5.52. The van der Waals surface area contributed by atoms with Crippen LogP contribution in [0.4, 0.5) is 0 Å². The van der Waals surface area contributed by atoms with Crippen molar-refractivity contribution in [2.75, 3.05) is 39.8 Å². The second-order valence-electron chi connectivity index (χ2n) is 5.75. The minimum Gasteiger partial charge on any atom is -0.341 e. The van der Waals surface area contributed by atoms with Gasteiger partial charge in [0.1, 0.15) is 0 Å². The molecule has 0 atom stereocenters. The van der Waals surface area contributed by atoms with Crippen LogP contribution in [0.5, 0.6) is 0 Å². The Morgan fingerprint density at radius 3 is 2.52 bits per heavy atom. The number of benzene rings is 1. The normalized spacial score (nSPS) is 14.9. The van der Waals surface area contributed by atoms with Gasteiger partial charge in [-0.3, -0.25) is 9.59 Å². The smallest absolute Gasteiger partial charge is 0.253 e. The van der Waals surface area contributed by atoms with Crippen LogP contribution in [0.1, 0.15) is 28.8 Å². The molecule has 0 saturated carbocycles. The zero-order valence-electron chi connectivity index (χ0n) is 13.9. The van der Waals surface area contributed by atoms with Crippen molar-refractivity contribution in [3.05, 3.63) is 35.4 Å². The highest BCUT2D eigenvalue weighted by molar-refractivity contribution is 5.94. The molecule has 1 heterocycles. The molecule has 1 N–H and O–H groups in total. The maximum absolute atomic E-state index is 12.6. The highest BCUT2D eigenvalue weighted by atomic mass is 35.5. The number of carbonyl (C=O) groups excluding carboxylic acids is 2. The molecule has 0 radical (unpaired) electrons. The first-order chi connectivity index (χ1) is 10.6. The molecule has 0 aliphatic carbocycles.